The van der Waals surface area contributed by atoms with Crippen molar-refractivity contribution >= 4 is 0 Å². The first-order valence-corrected chi connectivity index (χ1v) is 4.58. The summed E-state index contributed by atoms with van der Waals surface area (Å²) < 4.78 is 10.6. The lowest BCUT2D eigenvalue weighted by Crippen LogP contribution is -1.98. The summed E-state index contributed by atoms with van der Waals surface area (Å²) in [6.45, 7) is 3.93. The third-order valence-corrected chi connectivity index (χ3v) is 1.62. The molecular weight excluding hydrogens is 168 g/mol. The van der Waals surface area contributed by atoms with Gasteiger partial charge in [0.25, 0.3) is 0 Å². The molecule has 13 heavy (non-hydrogen) atoms. The van der Waals surface area contributed by atoms with Gasteiger partial charge in [0.2, 0.25) is 5.89 Å². The number of aromatic nitrogens is 1. The molecule has 4 heteroatoms. The maximum atomic E-state index is 5.35. The van der Waals surface area contributed by atoms with Gasteiger partial charge in [0, 0.05) is 13.0 Å². The molecule has 1 heterocycles. The Hall–Kier alpha value is -0.870. The van der Waals surface area contributed by atoms with Crippen LogP contribution in [0.15, 0.2) is 10.6 Å². The Morgan fingerprint density at radius 2 is 2.38 bits per heavy atom. The summed E-state index contributed by atoms with van der Waals surface area (Å²) in [5.74, 6) is 1.43. The molecule has 0 aliphatic carbocycles. The number of hydrogen-bond donors (Lipinski definition) is 1. The molecule has 0 aromatic carbocycles. The van der Waals surface area contributed by atoms with E-state index in [1.165, 1.54) is 0 Å². The fourth-order valence-electron chi connectivity index (χ4n) is 0.977. The van der Waals surface area contributed by atoms with E-state index in [2.05, 4.69) is 11.9 Å². The van der Waals surface area contributed by atoms with E-state index in [9.17, 15) is 0 Å². The zero-order valence-electron chi connectivity index (χ0n) is 7.95. The summed E-state index contributed by atoms with van der Waals surface area (Å²) in [7, 11) is 0. The lowest BCUT2D eigenvalue weighted by molar-refractivity contribution is 0.134. The van der Waals surface area contributed by atoms with Crippen LogP contribution in [-0.2, 0) is 17.7 Å². The van der Waals surface area contributed by atoms with E-state index < -0.39 is 0 Å². The van der Waals surface area contributed by atoms with Gasteiger partial charge in [-0.2, -0.15) is 0 Å². The van der Waals surface area contributed by atoms with Gasteiger partial charge in [-0.3, -0.25) is 0 Å². The molecule has 0 atom stereocenters. The monoisotopic (exact) mass is 184 g/mol. The highest BCUT2D eigenvalue weighted by atomic mass is 16.5. The first-order chi connectivity index (χ1) is 6.36. The van der Waals surface area contributed by atoms with Gasteiger partial charge in [-0.05, 0) is 6.42 Å². The summed E-state index contributed by atoms with van der Waals surface area (Å²) in [5.41, 5.74) is 5.35. The smallest absolute Gasteiger partial charge is 0.208 e. The molecule has 0 unspecified atom stereocenters. The SMILES string of the molecule is CCCOCCc1cnc(CN)o1. The molecule has 0 aliphatic rings. The van der Waals surface area contributed by atoms with E-state index in [1.807, 2.05) is 0 Å². The molecule has 2 N–H and O–H groups in total. The van der Waals surface area contributed by atoms with Gasteiger partial charge in [0.05, 0.1) is 19.3 Å². The van der Waals surface area contributed by atoms with Crippen molar-refractivity contribution in [2.75, 3.05) is 13.2 Å². The number of rotatable bonds is 6. The minimum atomic E-state index is 0.357. The fraction of sp³-hybridized carbons (Fsp3) is 0.667. The zero-order chi connectivity index (χ0) is 9.52. The van der Waals surface area contributed by atoms with Gasteiger partial charge in [0.1, 0.15) is 5.76 Å². The van der Waals surface area contributed by atoms with Crippen LogP contribution < -0.4 is 5.73 Å². The predicted molar refractivity (Wildman–Crippen MR) is 49.2 cm³/mol. The van der Waals surface area contributed by atoms with Crippen molar-refractivity contribution in [2.45, 2.75) is 26.3 Å². The molecule has 1 aromatic heterocycles. The minimum Gasteiger partial charge on any atom is -0.444 e. The zero-order valence-corrected chi connectivity index (χ0v) is 7.95. The van der Waals surface area contributed by atoms with E-state index in [1.54, 1.807) is 6.20 Å². The lowest BCUT2D eigenvalue weighted by atomic mass is 10.4. The van der Waals surface area contributed by atoms with E-state index in [4.69, 9.17) is 14.9 Å². The predicted octanol–water partition coefficient (Wildman–Crippen LogP) is 1.10. The summed E-state index contributed by atoms with van der Waals surface area (Å²) in [4.78, 5) is 3.99. The summed E-state index contributed by atoms with van der Waals surface area (Å²) in [5, 5.41) is 0. The number of nitrogens with two attached hydrogens (primary N) is 1. The quantitative estimate of drug-likeness (QED) is 0.672. The molecule has 1 rings (SSSR count). The topological polar surface area (TPSA) is 61.3 Å². The lowest BCUT2D eigenvalue weighted by Gasteiger charge is -1.98. The van der Waals surface area contributed by atoms with Crippen LogP contribution >= 0.6 is 0 Å². The Morgan fingerprint density at radius 3 is 3.00 bits per heavy atom. The molecular formula is C9H16N2O2. The second kappa shape index (κ2) is 5.72. The third kappa shape index (κ3) is 3.57. The van der Waals surface area contributed by atoms with E-state index >= 15 is 0 Å². The van der Waals surface area contributed by atoms with Crippen molar-refractivity contribution in [1.29, 1.82) is 0 Å². The van der Waals surface area contributed by atoms with Crippen LogP contribution in [0.25, 0.3) is 0 Å². The standard InChI is InChI=1S/C9H16N2O2/c1-2-4-12-5-3-8-7-11-9(6-10)13-8/h7H,2-6,10H2,1H3. The van der Waals surface area contributed by atoms with Crippen LogP contribution in [0.4, 0.5) is 0 Å². The third-order valence-electron chi connectivity index (χ3n) is 1.62. The fourth-order valence-corrected chi connectivity index (χ4v) is 0.977. The van der Waals surface area contributed by atoms with Crippen molar-refractivity contribution in [1.82, 2.24) is 4.98 Å². The normalized spacial score (nSPS) is 10.6. The maximum Gasteiger partial charge on any atom is 0.208 e. The molecule has 1 aromatic rings. The van der Waals surface area contributed by atoms with Crippen molar-refractivity contribution in [3.8, 4) is 0 Å². The van der Waals surface area contributed by atoms with Gasteiger partial charge in [-0.15, -0.1) is 0 Å². The molecule has 0 amide bonds. The average Bonchev–Trinajstić information content (AvgIpc) is 2.60. The van der Waals surface area contributed by atoms with Gasteiger partial charge in [0.15, 0.2) is 0 Å². The van der Waals surface area contributed by atoms with Gasteiger partial charge in [-0.25, -0.2) is 4.98 Å². The largest absolute Gasteiger partial charge is 0.444 e. The average molecular weight is 184 g/mol. The Morgan fingerprint density at radius 1 is 1.54 bits per heavy atom. The molecule has 74 valence electrons. The Balaban J connectivity index is 2.20. The van der Waals surface area contributed by atoms with Crippen molar-refractivity contribution < 1.29 is 9.15 Å². The van der Waals surface area contributed by atoms with E-state index in [0.29, 0.717) is 19.0 Å². The second-order valence-electron chi connectivity index (χ2n) is 2.79. The summed E-state index contributed by atoms with van der Waals surface area (Å²) >= 11 is 0. The highest BCUT2D eigenvalue weighted by molar-refractivity contribution is 4.93. The first-order valence-electron chi connectivity index (χ1n) is 4.58. The van der Waals surface area contributed by atoms with Crippen molar-refractivity contribution in [3.05, 3.63) is 17.8 Å². The molecule has 0 fully saturated rings. The van der Waals surface area contributed by atoms with Crippen molar-refractivity contribution in [3.63, 3.8) is 0 Å². The maximum absolute atomic E-state index is 5.35. The highest BCUT2D eigenvalue weighted by Crippen LogP contribution is 2.03. The number of hydrogen-bond acceptors (Lipinski definition) is 4. The molecule has 0 spiro atoms. The molecule has 0 radical (unpaired) electrons. The number of nitrogens with zero attached hydrogens (tertiary/aromatic N) is 1. The molecule has 0 saturated heterocycles. The molecule has 4 nitrogen and oxygen atoms in total. The Bertz CT molecular complexity index is 235. The number of oxazole rings is 1. The van der Waals surface area contributed by atoms with Crippen LogP contribution in [0.5, 0.6) is 0 Å². The first kappa shape index (κ1) is 10.2. The van der Waals surface area contributed by atoms with Gasteiger partial charge < -0.3 is 14.9 Å². The van der Waals surface area contributed by atoms with Crippen LogP contribution in [0.2, 0.25) is 0 Å². The van der Waals surface area contributed by atoms with Gasteiger partial charge >= 0.3 is 0 Å². The summed E-state index contributed by atoms with van der Waals surface area (Å²) in [6, 6.07) is 0. The summed E-state index contributed by atoms with van der Waals surface area (Å²) in [6.07, 6.45) is 3.52. The number of ether oxygens (including phenoxy) is 1. The second-order valence-corrected chi connectivity index (χ2v) is 2.79. The molecule has 0 bridgehead atoms. The molecule has 0 saturated carbocycles. The van der Waals surface area contributed by atoms with Crippen LogP contribution in [0, 0.1) is 0 Å². The highest BCUT2D eigenvalue weighted by Gasteiger charge is 2.01. The van der Waals surface area contributed by atoms with Crippen LogP contribution in [0.3, 0.4) is 0 Å². The van der Waals surface area contributed by atoms with Crippen LogP contribution in [-0.4, -0.2) is 18.2 Å². The molecule has 0 aliphatic heterocycles. The van der Waals surface area contributed by atoms with E-state index in [0.717, 1.165) is 25.2 Å². The Kier molecular flexibility index (Phi) is 4.49. The Labute approximate surface area is 78.1 Å². The van der Waals surface area contributed by atoms with Crippen molar-refractivity contribution in [2.24, 2.45) is 5.73 Å². The minimum absolute atomic E-state index is 0.357. The van der Waals surface area contributed by atoms with Crippen LogP contribution in [0.1, 0.15) is 25.0 Å². The van der Waals surface area contributed by atoms with Gasteiger partial charge in [-0.1, -0.05) is 6.92 Å². The van der Waals surface area contributed by atoms with E-state index in [-0.39, 0.29) is 0 Å².